The summed E-state index contributed by atoms with van der Waals surface area (Å²) in [7, 11) is -3.67. The molecule has 0 fully saturated rings. The lowest BCUT2D eigenvalue weighted by atomic mass is 10.1. The SMILES string of the molecule is CCCNC(CCC)C(CC)S(=O)(=O)c1ccccc1F. The predicted octanol–water partition coefficient (Wildman–Crippen LogP) is 3.55. The Kier molecular flexibility index (Phi) is 7.32. The smallest absolute Gasteiger partial charge is 0.185 e. The molecule has 2 unspecified atom stereocenters. The summed E-state index contributed by atoms with van der Waals surface area (Å²) < 4.78 is 39.5. The highest BCUT2D eigenvalue weighted by Gasteiger charge is 2.34. The summed E-state index contributed by atoms with van der Waals surface area (Å²) in [6.45, 7) is 6.69. The highest BCUT2D eigenvalue weighted by molar-refractivity contribution is 7.92. The van der Waals surface area contributed by atoms with E-state index in [0.29, 0.717) is 6.42 Å². The maximum Gasteiger partial charge on any atom is 0.185 e. The molecule has 0 bridgehead atoms. The van der Waals surface area contributed by atoms with Crippen LogP contribution in [0.1, 0.15) is 46.5 Å². The average molecular weight is 315 g/mol. The van der Waals surface area contributed by atoms with Crippen LogP contribution in [0.25, 0.3) is 0 Å². The molecule has 1 aromatic rings. The Labute approximate surface area is 127 Å². The van der Waals surface area contributed by atoms with Crippen molar-refractivity contribution in [3.63, 3.8) is 0 Å². The quantitative estimate of drug-likeness (QED) is 0.758. The van der Waals surface area contributed by atoms with Gasteiger partial charge in [0.15, 0.2) is 9.84 Å². The van der Waals surface area contributed by atoms with Gasteiger partial charge in [-0.2, -0.15) is 0 Å². The van der Waals surface area contributed by atoms with Gasteiger partial charge in [-0.25, -0.2) is 12.8 Å². The number of rotatable bonds is 9. The topological polar surface area (TPSA) is 46.2 Å². The van der Waals surface area contributed by atoms with Crippen molar-refractivity contribution in [1.29, 1.82) is 0 Å². The zero-order chi connectivity index (χ0) is 15.9. The molecule has 0 aliphatic heterocycles. The van der Waals surface area contributed by atoms with Crippen LogP contribution in [0.4, 0.5) is 4.39 Å². The van der Waals surface area contributed by atoms with Gasteiger partial charge in [0.2, 0.25) is 0 Å². The summed E-state index contributed by atoms with van der Waals surface area (Å²) in [5, 5.41) is 2.72. The first-order valence-electron chi connectivity index (χ1n) is 7.70. The third-order valence-corrected chi connectivity index (χ3v) is 6.05. The molecule has 2 atom stereocenters. The molecular weight excluding hydrogens is 289 g/mol. The van der Waals surface area contributed by atoms with Gasteiger partial charge < -0.3 is 5.32 Å². The molecule has 0 aliphatic rings. The minimum absolute atomic E-state index is 0.135. The average Bonchev–Trinajstić information content (AvgIpc) is 2.45. The van der Waals surface area contributed by atoms with Crippen LogP contribution >= 0.6 is 0 Å². The predicted molar refractivity (Wildman–Crippen MR) is 84.7 cm³/mol. The van der Waals surface area contributed by atoms with E-state index < -0.39 is 20.9 Å². The standard InChI is InChI=1S/C16H26FNO2S/c1-4-9-14(18-12-5-2)15(6-3)21(19,20)16-11-8-7-10-13(16)17/h7-8,10-11,14-15,18H,4-6,9,12H2,1-3H3. The summed E-state index contributed by atoms with van der Waals surface area (Å²) in [5.74, 6) is -0.665. The molecule has 3 nitrogen and oxygen atoms in total. The van der Waals surface area contributed by atoms with Gasteiger partial charge in [0.1, 0.15) is 10.7 Å². The maximum absolute atomic E-state index is 13.9. The minimum Gasteiger partial charge on any atom is -0.313 e. The molecule has 0 radical (unpaired) electrons. The van der Waals surface area contributed by atoms with Gasteiger partial charge in [-0.15, -0.1) is 0 Å². The van der Waals surface area contributed by atoms with Crippen molar-refractivity contribution in [3.8, 4) is 0 Å². The maximum atomic E-state index is 13.9. The highest BCUT2D eigenvalue weighted by atomic mass is 32.2. The summed E-state index contributed by atoms with van der Waals surface area (Å²) in [6.07, 6.45) is 3.07. The lowest BCUT2D eigenvalue weighted by molar-refractivity contribution is 0.434. The zero-order valence-electron chi connectivity index (χ0n) is 13.1. The van der Waals surface area contributed by atoms with E-state index in [2.05, 4.69) is 5.32 Å². The summed E-state index contributed by atoms with van der Waals surface area (Å²) >= 11 is 0. The third kappa shape index (κ3) is 4.51. The molecule has 1 N–H and O–H groups in total. The molecule has 0 saturated carbocycles. The second kappa shape index (κ2) is 8.49. The number of benzene rings is 1. The lowest BCUT2D eigenvalue weighted by Gasteiger charge is -2.27. The Morgan fingerprint density at radius 2 is 1.81 bits per heavy atom. The second-order valence-electron chi connectivity index (χ2n) is 5.27. The molecule has 0 spiro atoms. The largest absolute Gasteiger partial charge is 0.313 e. The molecule has 0 heterocycles. The van der Waals surface area contributed by atoms with Crippen LogP contribution in [-0.2, 0) is 9.84 Å². The first-order valence-corrected chi connectivity index (χ1v) is 9.25. The molecule has 1 aromatic carbocycles. The van der Waals surface area contributed by atoms with Crippen LogP contribution in [0.15, 0.2) is 29.2 Å². The van der Waals surface area contributed by atoms with Crippen molar-refractivity contribution in [2.75, 3.05) is 6.54 Å². The summed E-state index contributed by atoms with van der Waals surface area (Å²) in [5.41, 5.74) is 0. The van der Waals surface area contributed by atoms with E-state index in [-0.39, 0.29) is 10.9 Å². The fourth-order valence-electron chi connectivity index (χ4n) is 2.62. The van der Waals surface area contributed by atoms with Gasteiger partial charge in [-0.1, -0.05) is 39.3 Å². The van der Waals surface area contributed by atoms with Crippen LogP contribution in [0, 0.1) is 5.82 Å². The number of hydrogen-bond acceptors (Lipinski definition) is 3. The second-order valence-corrected chi connectivity index (χ2v) is 7.41. The fraction of sp³-hybridized carbons (Fsp3) is 0.625. The normalized spacial score (nSPS) is 14.9. The van der Waals surface area contributed by atoms with Crippen LogP contribution in [-0.4, -0.2) is 26.3 Å². The van der Waals surface area contributed by atoms with E-state index in [1.54, 1.807) is 6.07 Å². The minimum atomic E-state index is -3.67. The van der Waals surface area contributed by atoms with Gasteiger partial charge in [-0.05, 0) is 37.9 Å². The Bertz CT molecular complexity index is 531. The van der Waals surface area contributed by atoms with Crippen molar-refractivity contribution in [1.82, 2.24) is 5.32 Å². The number of nitrogens with one attached hydrogen (secondary N) is 1. The molecule has 1 rings (SSSR count). The van der Waals surface area contributed by atoms with Gasteiger partial charge in [0.05, 0.1) is 5.25 Å². The van der Waals surface area contributed by atoms with Crippen molar-refractivity contribution in [2.24, 2.45) is 0 Å². The summed E-state index contributed by atoms with van der Waals surface area (Å²) in [6, 6.07) is 5.50. The fourth-order valence-corrected chi connectivity index (χ4v) is 4.66. The van der Waals surface area contributed by atoms with E-state index in [1.807, 2.05) is 20.8 Å². The molecule has 120 valence electrons. The van der Waals surface area contributed by atoms with E-state index in [1.165, 1.54) is 18.2 Å². The Balaban J connectivity index is 3.13. The van der Waals surface area contributed by atoms with Crippen LogP contribution < -0.4 is 5.32 Å². The zero-order valence-corrected chi connectivity index (χ0v) is 13.9. The highest BCUT2D eigenvalue weighted by Crippen LogP contribution is 2.25. The first kappa shape index (κ1) is 18.1. The first-order chi connectivity index (χ1) is 9.98. The molecule has 5 heteroatoms. The lowest BCUT2D eigenvalue weighted by Crippen LogP contribution is -2.44. The third-order valence-electron chi connectivity index (χ3n) is 3.65. The van der Waals surface area contributed by atoms with Gasteiger partial charge in [0.25, 0.3) is 0 Å². The van der Waals surface area contributed by atoms with Crippen molar-refractivity contribution >= 4 is 9.84 Å². The van der Waals surface area contributed by atoms with Gasteiger partial charge in [0, 0.05) is 6.04 Å². The molecule has 0 aliphatic carbocycles. The van der Waals surface area contributed by atoms with Gasteiger partial charge in [-0.3, -0.25) is 0 Å². The monoisotopic (exact) mass is 315 g/mol. The van der Waals surface area contributed by atoms with Gasteiger partial charge >= 0.3 is 0 Å². The van der Waals surface area contributed by atoms with E-state index in [4.69, 9.17) is 0 Å². The Morgan fingerprint density at radius 3 is 2.33 bits per heavy atom. The van der Waals surface area contributed by atoms with Crippen LogP contribution in [0.2, 0.25) is 0 Å². The molecule has 0 saturated heterocycles. The number of sulfone groups is 1. The van der Waals surface area contributed by atoms with Crippen LogP contribution in [0.5, 0.6) is 0 Å². The Hall–Kier alpha value is -0.940. The molecule has 0 amide bonds. The van der Waals surface area contributed by atoms with Crippen molar-refractivity contribution in [2.45, 2.75) is 62.6 Å². The summed E-state index contributed by atoms with van der Waals surface area (Å²) in [4.78, 5) is -0.184. The van der Waals surface area contributed by atoms with E-state index in [9.17, 15) is 12.8 Å². The van der Waals surface area contributed by atoms with Crippen LogP contribution in [0.3, 0.4) is 0 Å². The number of halogens is 1. The van der Waals surface area contributed by atoms with Crippen molar-refractivity contribution in [3.05, 3.63) is 30.1 Å². The van der Waals surface area contributed by atoms with E-state index in [0.717, 1.165) is 25.8 Å². The molecule has 21 heavy (non-hydrogen) atoms. The van der Waals surface area contributed by atoms with Crippen molar-refractivity contribution < 1.29 is 12.8 Å². The van der Waals surface area contributed by atoms with E-state index >= 15 is 0 Å². The number of hydrogen-bond donors (Lipinski definition) is 1. The molecule has 0 aromatic heterocycles. The molecular formula is C16H26FNO2S. The Morgan fingerprint density at radius 1 is 1.14 bits per heavy atom.